The highest BCUT2D eigenvalue weighted by molar-refractivity contribution is 7.99. The molecule has 3 nitrogen and oxygen atoms in total. The number of hydrogen-bond acceptors (Lipinski definition) is 3. The Morgan fingerprint density at radius 2 is 1.67 bits per heavy atom. The van der Waals surface area contributed by atoms with Crippen LogP contribution in [0.15, 0.2) is 48.5 Å². The van der Waals surface area contributed by atoms with E-state index in [0.29, 0.717) is 17.0 Å². The molecule has 0 aliphatic carbocycles. The Morgan fingerprint density at radius 1 is 1.04 bits per heavy atom. The summed E-state index contributed by atoms with van der Waals surface area (Å²) in [5, 5.41) is -0.0781. The lowest BCUT2D eigenvalue weighted by atomic mass is 10.1. The predicted octanol–water partition coefficient (Wildman–Crippen LogP) is 4.59. The van der Waals surface area contributed by atoms with Crippen LogP contribution in [-0.4, -0.2) is 27.7 Å². The Balaban J connectivity index is 1.63. The molecule has 4 rings (SSSR count). The van der Waals surface area contributed by atoms with E-state index in [9.17, 15) is 22.4 Å². The standard InChI is InChI=1S/C18H12F4N2OS2/c19-12-5-7-13(8-6-12)23-15(25)14-9-27-16(24(14)17(23)26)10-1-3-11(4-2-10)18(20,21)22/h1-8,14,16H,9H2/t14-,16-/m0/s1. The molecule has 2 aliphatic heterocycles. The topological polar surface area (TPSA) is 23.6 Å². The van der Waals surface area contributed by atoms with E-state index in [1.54, 1.807) is 4.90 Å². The lowest BCUT2D eigenvalue weighted by Gasteiger charge is -2.25. The summed E-state index contributed by atoms with van der Waals surface area (Å²) in [6.45, 7) is 0. The Labute approximate surface area is 161 Å². The normalized spacial score (nSPS) is 22.5. The number of benzene rings is 2. The molecule has 140 valence electrons. The van der Waals surface area contributed by atoms with Gasteiger partial charge in [0.05, 0.1) is 11.3 Å². The number of fused-ring (bicyclic) bond motifs is 1. The number of hydrogen-bond donors (Lipinski definition) is 0. The maximum atomic E-state index is 13.2. The fraction of sp³-hybridized carbons (Fsp3) is 0.222. The van der Waals surface area contributed by atoms with Gasteiger partial charge in [-0.1, -0.05) is 12.1 Å². The highest BCUT2D eigenvalue weighted by Crippen LogP contribution is 2.46. The highest BCUT2D eigenvalue weighted by atomic mass is 32.2. The van der Waals surface area contributed by atoms with Crippen molar-refractivity contribution in [3.63, 3.8) is 0 Å². The Bertz CT molecular complexity index is 899. The van der Waals surface area contributed by atoms with Gasteiger partial charge >= 0.3 is 6.18 Å². The lowest BCUT2D eigenvalue weighted by molar-refractivity contribution is -0.137. The quantitative estimate of drug-likeness (QED) is 0.532. The zero-order valence-corrected chi connectivity index (χ0v) is 15.2. The first-order valence-electron chi connectivity index (χ1n) is 7.98. The van der Waals surface area contributed by atoms with Gasteiger partial charge in [-0.2, -0.15) is 13.2 Å². The second-order valence-corrected chi connectivity index (χ2v) is 7.64. The molecule has 0 unspecified atom stereocenters. The van der Waals surface area contributed by atoms with Crippen molar-refractivity contribution in [2.45, 2.75) is 17.6 Å². The molecule has 9 heteroatoms. The summed E-state index contributed by atoms with van der Waals surface area (Å²) in [6.07, 6.45) is -4.40. The second-order valence-electron chi connectivity index (χ2n) is 6.16. The Kier molecular flexibility index (Phi) is 4.38. The van der Waals surface area contributed by atoms with Gasteiger partial charge in [-0.15, -0.1) is 11.8 Å². The van der Waals surface area contributed by atoms with Gasteiger partial charge < -0.3 is 4.90 Å². The van der Waals surface area contributed by atoms with E-state index >= 15 is 0 Å². The fourth-order valence-corrected chi connectivity index (χ4v) is 5.13. The molecule has 2 saturated heterocycles. The second kappa shape index (κ2) is 6.49. The molecule has 1 amide bonds. The van der Waals surface area contributed by atoms with Crippen molar-refractivity contribution in [2.24, 2.45) is 0 Å². The SMILES string of the molecule is O=C1[C@@H]2CS[C@@H](c3ccc(C(F)(F)F)cc3)N2C(=S)N1c1ccc(F)cc1. The molecule has 0 saturated carbocycles. The molecule has 27 heavy (non-hydrogen) atoms. The Hall–Kier alpha value is -2.13. The smallest absolute Gasteiger partial charge is 0.319 e. The number of carbonyl (C=O) groups is 1. The van der Waals surface area contributed by atoms with Crippen LogP contribution >= 0.6 is 24.0 Å². The summed E-state index contributed by atoms with van der Waals surface area (Å²) in [6, 6.07) is 9.84. The summed E-state index contributed by atoms with van der Waals surface area (Å²) in [5.41, 5.74) is 0.391. The first-order chi connectivity index (χ1) is 12.8. The largest absolute Gasteiger partial charge is 0.416 e. The minimum Gasteiger partial charge on any atom is -0.319 e. The Morgan fingerprint density at radius 3 is 2.26 bits per heavy atom. The molecule has 2 aromatic carbocycles. The number of nitrogens with zero attached hydrogens (tertiary/aromatic N) is 2. The molecule has 2 aliphatic rings. The van der Waals surface area contributed by atoms with Crippen LogP contribution in [0, 0.1) is 5.82 Å². The maximum Gasteiger partial charge on any atom is 0.416 e. The fourth-order valence-electron chi connectivity index (χ4n) is 3.21. The number of alkyl halides is 3. The van der Waals surface area contributed by atoms with Crippen molar-refractivity contribution in [3.8, 4) is 0 Å². The van der Waals surface area contributed by atoms with Crippen LogP contribution in [0.2, 0.25) is 0 Å². The molecule has 0 radical (unpaired) electrons. The molecular weight excluding hydrogens is 400 g/mol. The zero-order valence-electron chi connectivity index (χ0n) is 13.6. The minimum atomic E-state index is -4.40. The minimum absolute atomic E-state index is 0.214. The van der Waals surface area contributed by atoms with E-state index in [-0.39, 0.29) is 16.4 Å². The van der Waals surface area contributed by atoms with Gasteiger partial charge in [0.15, 0.2) is 5.11 Å². The maximum absolute atomic E-state index is 13.2. The zero-order chi connectivity index (χ0) is 19.3. The third-order valence-corrected chi connectivity index (χ3v) is 6.24. The van der Waals surface area contributed by atoms with E-state index in [1.165, 1.54) is 53.1 Å². The van der Waals surface area contributed by atoms with Crippen LogP contribution in [0.4, 0.5) is 23.2 Å². The van der Waals surface area contributed by atoms with Crippen LogP contribution in [0.5, 0.6) is 0 Å². The number of anilines is 1. The number of halogens is 4. The van der Waals surface area contributed by atoms with Gasteiger partial charge in [0, 0.05) is 5.75 Å². The van der Waals surface area contributed by atoms with E-state index in [2.05, 4.69) is 0 Å². The molecule has 0 spiro atoms. The van der Waals surface area contributed by atoms with E-state index in [4.69, 9.17) is 12.2 Å². The molecule has 2 fully saturated rings. The summed E-state index contributed by atoms with van der Waals surface area (Å²) in [4.78, 5) is 15.9. The van der Waals surface area contributed by atoms with Gasteiger partial charge in [0.1, 0.15) is 17.2 Å². The van der Waals surface area contributed by atoms with Crippen molar-refractivity contribution in [3.05, 3.63) is 65.5 Å². The first-order valence-corrected chi connectivity index (χ1v) is 9.43. The van der Waals surface area contributed by atoms with Crippen LogP contribution in [0.25, 0.3) is 0 Å². The van der Waals surface area contributed by atoms with E-state index in [1.807, 2.05) is 0 Å². The number of thiocarbonyl (C=S) groups is 1. The van der Waals surface area contributed by atoms with Gasteiger partial charge in [0.2, 0.25) is 0 Å². The third kappa shape index (κ3) is 3.08. The number of carbonyl (C=O) groups excluding carboxylic acids is 1. The summed E-state index contributed by atoms with van der Waals surface area (Å²) in [7, 11) is 0. The monoisotopic (exact) mass is 412 g/mol. The number of thioether (sulfide) groups is 1. The average molecular weight is 412 g/mol. The molecule has 0 aromatic heterocycles. The summed E-state index contributed by atoms with van der Waals surface area (Å²) in [5.74, 6) is -0.161. The average Bonchev–Trinajstić information content (AvgIpc) is 3.16. The predicted molar refractivity (Wildman–Crippen MR) is 98.8 cm³/mol. The van der Waals surface area contributed by atoms with Crippen LogP contribution in [0.3, 0.4) is 0 Å². The number of amides is 1. The lowest BCUT2D eigenvalue weighted by Crippen LogP contribution is -2.33. The molecule has 2 heterocycles. The van der Waals surface area contributed by atoms with Crippen molar-refractivity contribution in [1.29, 1.82) is 0 Å². The summed E-state index contributed by atoms with van der Waals surface area (Å²) >= 11 is 6.93. The highest BCUT2D eigenvalue weighted by Gasteiger charge is 2.50. The van der Waals surface area contributed by atoms with Gasteiger partial charge in [-0.3, -0.25) is 9.69 Å². The first kappa shape index (κ1) is 18.2. The molecule has 0 N–H and O–H groups in total. The van der Waals surface area contributed by atoms with Crippen molar-refractivity contribution < 1.29 is 22.4 Å². The van der Waals surface area contributed by atoms with Crippen LogP contribution in [-0.2, 0) is 11.0 Å². The van der Waals surface area contributed by atoms with Gasteiger partial charge in [0.25, 0.3) is 5.91 Å². The van der Waals surface area contributed by atoms with Gasteiger partial charge in [-0.05, 0) is 54.2 Å². The van der Waals surface area contributed by atoms with Crippen LogP contribution < -0.4 is 4.90 Å². The molecule has 0 bridgehead atoms. The van der Waals surface area contributed by atoms with Crippen molar-refractivity contribution in [1.82, 2.24) is 4.90 Å². The van der Waals surface area contributed by atoms with Crippen LogP contribution in [0.1, 0.15) is 16.5 Å². The van der Waals surface area contributed by atoms with E-state index in [0.717, 1.165) is 12.1 Å². The summed E-state index contributed by atoms with van der Waals surface area (Å²) < 4.78 is 51.5. The molecular formula is C18H12F4N2OS2. The molecule has 2 aromatic rings. The van der Waals surface area contributed by atoms with Crippen molar-refractivity contribution in [2.75, 3.05) is 10.7 Å². The van der Waals surface area contributed by atoms with Crippen molar-refractivity contribution >= 4 is 40.7 Å². The van der Waals surface area contributed by atoms with E-state index < -0.39 is 23.6 Å². The number of rotatable bonds is 2. The third-order valence-electron chi connectivity index (χ3n) is 4.53. The van der Waals surface area contributed by atoms with Gasteiger partial charge in [-0.25, -0.2) is 4.39 Å². The molecule has 2 atom stereocenters.